The second-order valence-corrected chi connectivity index (χ2v) is 7.02. The van der Waals surface area contributed by atoms with Gasteiger partial charge < -0.3 is 10.1 Å². The molecule has 146 valence electrons. The van der Waals surface area contributed by atoms with Crippen molar-refractivity contribution in [3.63, 3.8) is 0 Å². The van der Waals surface area contributed by atoms with Crippen LogP contribution in [0.25, 0.3) is 5.69 Å². The topological polar surface area (TPSA) is 65.3 Å². The van der Waals surface area contributed by atoms with Crippen molar-refractivity contribution in [2.45, 2.75) is 20.8 Å². The zero-order chi connectivity index (χ0) is 20.4. The van der Waals surface area contributed by atoms with E-state index in [-0.39, 0.29) is 17.9 Å². The van der Waals surface area contributed by atoms with Crippen molar-refractivity contribution in [3.05, 3.63) is 74.7 Å². The van der Waals surface area contributed by atoms with Gasteiger partial charge in [0.1, 0.15) is 11.4 Å². The second kappa shape index (κ2) is 7.94. The van der Waals surface area contributed by atoms with E-state index in [1.165, 1.54) is 4.68 Å². The fourth-order valence-corrected chi connectivity index (χ4v) is 3.14. The van der Waals surface area contributed by atoms with E-state index in [4.69, 9.17) is 16.3 Å². The van der Waals surface area contributed by atoms with Gasteiger partial charge in [0, 0.05) is 12.1 Å². The Hall–Kier alpha value is -2.99. The van der Waals surface area contributed by atoms with Gasteiger partial charge in [-0.1, -0.05) is 29.8 Å². The average molecular weight is 400 g/mol. The number of aromatic nitrogens is 2. The van der Waals surface area contributed by atoms with Crippen molar-refractivity contribution in [3.8, 4) is 11.4 Å². The molecular formula is C21H22ClN3O3. The molecule has 1 heterocycles. The van der Waals surface area contributed by atoms with Gasteiger partial charge in [-0.3, -0.25) is 14.3 Å². The van der Waals surface area contributed by atoms with Gasteiger partial charge in [-0.2, -0.15) is 0 Å². The fraction of sp³-hybridized carbons (Fsp3) is 0.238. The van der Waals surface area contributed by atoms with Crippen molar-refractivity contribution in [1.82, 2.24) is 9.36 Å². The van der Waals surface area contributed by atoms with Crippen LogP contribution in [0.1, 0.15) is 16.8 Å². The summed E-state index contributed by atoms with van der Waals surface area (Å²) in [4.78, 5) is 25.2. The van der Waals surface area contributed by atoms with Gasteiger partial charge in [0.2, 0.25) is 0 Å². The molecule has 0 bridgehead atoms. The van der Waals surface area contributed by atoms with E-state index in [0.29, 0.717) is 16.5 Å². The molecule has 0 fully saturated rings. The zero-order valence-electron chi connectivity index (χ0n) is 16.2. The minimum absolute atomic E-state index is 0.209. The first-order valence-corrected chi connectivity index (χ1v) is 9.20. The number of aryl methyl sites for hydroxylation is 2. The number of benzene rings is 2. The van der Waals surface area contributed by atoms with Gasteiger partial charge in [-0.25, -0.2) is 4.68 Å². The van der Waals surface area contributed by atoms with E-state index in [9.17, 15) is 9.59 Å². The maximum absolute atomic E-state index is 12.8. The molecule has 3 rings (SSSR count). The third-order valence-corrected chi connectivity index (χ3v) is 5.19. The van der Waals surface area contributed by atoms with Gasteiger partial charge in [0.05, 0.1) is 11.4 Å². The van der Waals surface area contributed by atoms with Crippen LogP contribution >= 0.6 is 11.6 Å². The number of halogens is 1. The molecule has 0 aliphatic carbocycles. The maximum Gasteiger partial charge on any atom is 0.295 e. The highest BCUT2D eigenvalue weighted by molar-refractivity contribution is 6.32. The van der Waals surface area contributed by atoms with Crippen LogP contribution in [-0.4, -0.2) is 21.9 Å². The number of rotatable bonds is 5. The van der Waals surface area contributed by atoms with Crippen LogP contribution in [0.15, 0.2) is 47.3 Å². The predicted octanol–water partition coefficient (Wildman–Crippen LogP) is 3.77. The third kappa shape index (κ3) is 3.82. The zero-order valence-corrected chi connectivity index (χ0v) is 17.0. The summed E-state index contributed by atoms with van der Waals surface area (Å²) in [5.41, 5.74) is 3.08. The van der Waals surface area contributed by atoms with Crippen LogP contribution in [0.2, 0.25) is 5.02 Å². The fourth-order valence-electron chi connectivity index (χ4n) is 3.03. The maximum atomic E-state index is 12.8. The Morgan fingerprint density at radius 2 is 1.71 bits per heavy atom. The van der Waals surface area contributed by atoms with E-state index < -0.39 is 5.91 Å². The van der Waals surface area contributed by atoms with Crippen LogP contribution < -0.4 is 15.6 Å². The summed E-state index contributed by atoms with van der Waals surface area (Å²) in [6, 6.07) is 12.8. The summed E-state index contributed by atoms with van der Waals surface area (Å²) in [7, 11) is 1.77. The lowest BCUT2D eigenvalue weighted by atomic mass is 10.1. The molecule has 0 aliphatic heterocycles. The van der Waals surface area contributed by atoms with E-state index >= 15 is 0 Å². The molecule has 0 saturated carbocycles. The highest BCUT2D eigenvalue weighted by Gasteiger charge is 2.18. The molecule has 0 aliphatic rings. The SMILES string of the molecule is Cc1cc(OCC(=O)Nc2c(C)n(C)n(-c3ccccc3)c2=O)cc(C)c1Cl. The van der Waals surface area contributed by atoms with Gasteiger partial charge in [-0.05, 0) is 56.2 Å². The van der Waals surface area contributed by atoms with E-state index in [0.717, 1.165) is 16.8 Å². The second-order valence-electron chi connectivity index (χ2n) is 6.64. The van der Waals surface area contributed by atoms with Crippen LogP contribution in [0.4, 0.5) is 5.69 Å². The number of nitrogens with zero attached hydrogens (tertiary/aromatic N) is 2. The molecule has 0 spiro atoms. The first kappa shape index (κ1) is 19.8. The van der Waals surface area contributed by atoms with Crippen molar-refractivity contribution < 1.29 is 9.53 Å². The highest BCUT2D eigenvalue weighted by Crippen LogP contribution is 2.25. The van der Waals surface area contributed by atoms with Crippen LogP contribution in [0.5, 0.6) is 5.75 Å². The quantitative estimate of drug-likeness (QED) is 0.710. The van der Waals surface area contributed by atoms with Gasteiger partial charge in [0.15, 0.2) is 6.61 Å². The molecule has 0 saturated heterocycles. The predicted molar refractivity (Wildman–Crippen MR) is 111 cm³/mol. The average Bonchev–Trinajstić information content (AvgIpc) is 2.88. The van der Waals surface area contributed by atoms with Crippen LogP contribution in [-0.2, 0) is 11.8 Å². The summed E-state index contributed by atoms with van der Waals surface area (Å²) in [6.07, 6.45) is 0. The summed E-state index contributed by atoms with van der Waals surface area (Å²) in [6.45, 7) is 5.33. The Bertz CT molecular complexity index is 1060. The van der Waals surface area contributed by atoms with Crippen LogP contribution in [0, 0.1) is 20.8 Å². The number of hydrogen-bond acceptors (Lipinski definition) is 3. The number of anilines is 1. The minimum Gasteiger partial charge on any atom is -0.484 e. The molecule has 1 N–H and O–H groups in total. The lowest BCUT2D eigenvalue weighted by molar-refractivity contribution is -0.118. The molecule has 0 radical (unpaired) electrons. The number of carbonyl (C=O) groups is 1. The molecule has 6 nitrogen and oxygen atoms in total. The van der Waals surface area contributed by atoms with Crippen molar-refractivity contribution >= 4 is 23.2 Å². The molecule has 7 heteroatoms. The van der Waals surface area contributed by atoms with Crippen LogP contribution in [0.3, 0.4) is 0 Å². The Kier molecular flexibility index (Phi) is 5.61. The Balaban J connectivity index is 1.77. The Labute approximate surface area is 168 Å². The summed E-state index contributed by atoms with van der Waals surface area (Å²) >= 11 is 6.15. The number of carbonyl (C=O) groups excluding carboxylic acids is 1. The van der Waals surface area contributed by atoms with E-state index in [1.54, 1.807) is 30.8 Å². The van der Waals surface area contributed by atoms with Crippen molar-refractivity contribution in [1.29, 1.82) is 0 Å². The number of hydrogen-bond donors (Lipinski definition) is 1. The highest BCUT2D eigenvalue weighted by atomic mass is 35.5. The lowest BCUT2D eigenvalue weighted by Gasteiger charge is -2.10. The summed E-state index contributed by atoms with van der Waals surface area (Å²) in [5, 5.41) is 3.36. The number of amides is 1. The largest absolute Gasteiger partial charge is 0.484 e. The molecule has 3 aromatic rings. The van der Waals surface area contributed by atoms with Crippen molar-refractivity contribution in [2.24, 2.45) is 7.05 Å². The number of ether oxygens (including phenoxy) is 1. The lowest BCUT2D eigenvalue weighted by Crippen LogP contribution is -2.25. The molecule has 0 unspecified atom stereocenters. The monoisotopic (exact) mass is 399 g/mol. The third-order valence-electron chi connectivity index (χ3n) is 4.60. The normalized spacial score (nSPS) is 10.8. The Morgan fingerprint density at radius 3 is 2.32 bits per heavy atom. The van der Waals surface area contributed by atoms with Gasteiger partial charge in [0.25, 0.3) is 11.5 Å². The van der Waals surface area contributed by atoms with Gasteiger partial charge >= 0.3 is 0 Å². The molecule has 28 heavy (non-hydrogen) atoms. The number of para-hydroxylation sites is 1. The molecular weight excluding hydrogens is 378 g/mol. The summed E-state index contributed by atoms with van der Waals surface area (Å²) < 4.78 is 8.79. The molecule has 1 aromatic heterocycles. The molecule has 1 amide bonds. The first-order valence-electron chi connectivity index (χ1n) is 8.83. The van der Waals surface area contributed by atoms with Gasteiger partial charge in [-0.15, -0.1) is 0 Å². The smallest absolute Gasteiger partial charge is 0.295 e. The van der Waals surface area contributed by atoms with E-state index in [2.05, 4.69) is 5.32 Å². The Morgan fingerprint density at radius 1 is 1.11 bits per heavy atom. The van der Waals surface area contributed by atoms with Crippen molar-refractivity contribution in [2.75, 3.05) is 11.9 Å². The standard InChI is InChI=1S/C21H22ClN3O3/c1-13-10-17(11-14(2)19(13)22)28-12-18(26)23-20-15(3)24(4)25(21(20)27)16-8-6-5-7-9-16/h5-11H,12H2,1-4H3,(H,23,26). The van der Waals surface area contributed by atoms with E-state index in [1.807, 2.05) is 44.2 Å². The molecule has 0 atom stereocenters. The molecule has 2 aromatic carbocycles. The summed E-state index contributed by atoms with van der Waals surface area (Å²) in [5.74, 6) is 0.150. The first-order chi connectivity index (χ1) is 13.3. The number of nitrogens with one attached hydrogen (secondary N) is 1. The minimum atomic E-state index is -0.406.